The lowest BCUT2D eigenvalue weighted by Gasteiger charge is -2.60. The number of pyridine rings is 1. The molecule has 3 aromatic carbocycles. The molecule has 7 rings (SSSR count). The fourth-order valence-electron chi connectivity index (χ4n) is 6.79. The average molecular weight is 546 g/mol. The topological polar surface area (TPSA) is 45.2 Å². The van der Waals surface area contributed by atoms with Gasteiger partial charge in [0.1, 0.15) is 12.3 Å². The van der Waals surface area contributed by atoms with Gasteiger partial charge in [-0.15, -0.1) is 23.6 Å². The predicted molar refractivity (Wildman–Crippen MR) is 149 cm³/mol. The van der Waals surface area contributed by atoms with Crippen LogP contribution in [0.2, 0.25) is 0 Å². The van der Waals surface area contributed by atoms with Crippen LogP contribution in [0.3, 0.4) is 0 Å². The quantitative estimate of drug-likeness (QED) is 0.221. The summed E-state index contributed by atoms with van der Waals surface area (Å²) in [5, 5.41) is 17.8. The number of ether oxygens (including phenoxy) is 1. The molecule has 3 aliphatic heterocycles. The summed E-state index contributed by atoms with van der Waals surface area (Å²) in [6, 6.07) is 23.1. The highest BCUT2D eigenvalue weighted by Crippen LogP contribution is 2.47. The second-order valence-corrected chi connectivity index (χ2v) is 10.4. The van der Waals surface area contributed by atoms with Crippen LogP contribution in [0, 0.1) is 11.8 Å². The molecule has 0 saturated carbocycles. The van der Waals surface area contributed by atoms with Crippen molar-refractivity contribution in [3.05, 3.63) is 96.7 Å². The van der Waals surface area contributed by atoms with Crippen LogP contribution in [0.25, 0.3) is 21.7 Å². The van der Waals surface area contributed by atoms with Gasteiger partial charge in [0.05, 0.1) is 31.8 Å². The first-order valence-corrected chi connectivity index (χ1v) is 12.6. The lowest BCUT2D eigenvalue weighted by Crippen LogP contribution is -2.68. The smallest absolute Gasteiger partial charge is 0.119 e. The van der Waals surface area contributed by atoms with Crippen LogP contribution in [0.1, 0.15) is 30.1 Å². The molecular formula is C31H33BrN2O2. The van der Waals surface area contributed by atoms with Gasteiger partial charge in [-0.3, -0.25) is 4.98 Å². The van der Waals surface area contributed by atoms with Gasteiger partial charge in [0.15, 0.2) is 0 Å². The molecule has 1 aromatic heterocycles. The van der Waals surface area contributed by atoms with Crippen LogP contribution in [0.15, 0.2) is 85.6 Å². The summed E-state index contributed by atoms with van der Waals surface area (Å²) in [4.78, 5) is 4.52. The lowest BCUT2D eigenvalue weighted by atomic mass is 9.71. The number of aromatic nitrogens is 1. The molecule has 5 atom stereocenters. The number of nitrogens with zero attached hydrogens (tertiary/aromatic N) is 2. The van der Waals surface area contributed by atoms with E-state index < -0.39 is 6.10 Å². The third kappa shape index (κ3) is 4.23. The zero-order valence-electron chi connectivity index (χ0n) is 20.7. The summed E-state index contributed by atoms with van der Waals surface area (Å²) < 4.78 is 6.31. The first-order chi connectivity index (χ1) is 17.1. The summed E-state index contributed by atoms with van der Waals surface area (Å²) in [7, 11) is 1.66. The first-order valence-electron chi connectivity index (χ1n) is 12.6. The van der Waals surface area contributed by atoms with Gasteiger partial charge in [0, 0.05) is 35.9 Å². The van der Waals surface area contributed by atoms with Gasteiger partial charge < -0.3 is 14.3 Å². The van der Waals surface area contributed by atoms with Gasteiger partial charge >= 0.3 is 0 Å². The SMILES string of the molecule is Br.C=CC1C[N+]2(Cc3ccc4ccccc4c3)CCC1CC2[C@H]([O-])c1ccnc2ccc(OC)cc12. The Hall–Kier alpha value is -2.73. The second-order valence-electron chi connectivity index (χ2n) is 10.4. The second kappa shape index (κ2) is 9.97. The summed E-state index contributed by atoms with van der Waals surface area (Å²) in [5.74, 6) is 1.78. The van der Waals surface area contributed by atoms with E-state index in [1.165, 1.54) is 22.8 Å². The summed E-state index contributed by atoms with van der Waals surface area (Å²) >= 11 is 0. The van der Waals surface area contributed by atoms with Gasteiger partial charge in [-0.1, -0.05) is 42.5 Å². The Bertz CT molecular complexity index is 1410. The van der Waals surface area contributed by atoms with E-state index in [0.29, 0.717) is 11.8 Å². The molecule has 4 aromatic rings. The van der Waals surface area contributed by atoms with Crippen molar-refractivity contribution in [1.29, 1.82) is 0 Å². The van der Waals surface area contributed by atoms with Crippen molar-refractivity contribution in [2.45, 2.75) is 31.5 Å². The molecule has 0 radical (unpaired) electrons. The maximum atomic E-state index is 14.4. The van der Waals surface area contributed by atoms with Crippen LogP contribution >= 0.6 is 17.0 Å². The van der Waals surface area contributed by atoms with E-state index in [0.717, 1.165) is 52.8 Å². The van der Waals surface area contributed by atoms with E-state index in [4.69, 9.17) is 4.74 Å². The van der Waals surface area contributed by atoms with Crippen molar-refractivity contribution in [3.8, 4) is 5.75 Å². The molecule has 0 amide bonds. The van der Waals surface area contributed by atoms with Gasteiger partial charge in [0.25, 0.3) is 0 Å². The van der Waals surface area contributed by atoms with Crippen LogP contribution in [-0.2, 0) is 6.54 Å². The van der Waals surface area contributed by atoms with Crippen LogP contribution in [0.4, 0.5) is 0 Å². The van der Waals surface area contributed by atoms with Crippen LogP contribution < -0.4 is 9.84 Å². The molecule has 3 aliphatic rings. The first kappa shape index (κ1) is 24.9. The molecule has 3 fully saturated rings. The molecule has 3 saturated heterocycles. The lowest BCUT2D eigenvalue weighted by molar-refractivity contribution is -0.990. The normalized spacial score (nSPS) is 25.9. The molecule has 5 heteroatoms. The minimum atomic E-state index is -0.818. The molecule has 36 heavy (non-hydrogen) atoms. The fourth-order valence-corrected chi connectivity index (χ4v) is 6.79. The van der Waals surface area contributed by atoms with E-state index >= 15 is 0 Å². The van der Waals surface area contributed by atoms with E-state index in [1.54, 1.807) is 13.3 Å². The Morgan fingerprint density at radius 1 is 1.11 bits per heavy atom. The van der Waals surface area contributed by atoms with Crippen molar-refractivity contribution in [2.24, 2.45) is 11.8 Å². The van der Waals surface area contributed by atoms with E-state index in [1.807, 2.05) is 24.3 Å². The van der Waals surface area contributed by atoms with Crippen LogP contribution in [0.5, 0.6) is 5.75 Å². The molecule has 0 aliphatic carbocycles. The highest BCUT2D eigenvalue weighted by Gasteiger charge is 2.51. The van der Waals surface area contributed by atoms with E-state index in [2.05, 4.69) is 60.1 Å². The summed E-state index contributed by atoms with van der Waals surface area (Å²) in [6.45, 7) is 7.10. The molecular weight excluding hydrogens is 512 g/mol. The molecule has 0 N–H and O–H groups in total. The molecule has 4 unspecified atom stereocenters. The number of rotatable bonds is 6. The summed E-state index contributed by atoms with van der Waals surface area (Å²) in [6.07, 6.45) is 5.22. The zero-order valence-corrected chi connectivity index (χ0v) is 22.4. The Morgan fingerprint density at radius 2 is 1.94 bits per heavy atom. The maximum Gasteiger partial charge on any atom is 0.119 e. The Morgan fingerprint density at radius 3 is 2.75 bits per heavy atom. The van der Waals surface area contributed by atoms with E-state index in [-0.39, 0.29) is 23.0 Å². The van der Waals surface area contributed by atoms with Crippen molar-refractivity contribution in [2.75, 3.05) is 20.2 Å². The fraction of sp³-hybridized carbons (Fsp3) is 0.323. The van der Waals surface area contributed by atoms with Crippen molar-refractivity contribution in [3.63, 3.8) is 0 Å². The maximum absolute atomic E-state index is 14.4. The predicted octanol–water partition coefficient (Wildman–Crippen LogP) is 5.99. The zero-order chi connectivity index (χ0) is 24.0. The standard InChI is InChI=1S/C31H32N2O2.BrH/c1-3-22-20-33(19-21-8-9-23-6-4-5-7-24(23)16-21)15-13-25(22)17-30(33)31(34)27-12-14-32-29-11-10-26(35-2)18-28(27)29;/h3-12,14,16,18,22,25,30-31H,1,13,15,17,19-20H2,2H3;1H/t22?,25?,30?,31-,33?;/m1./s1. The number of hydrogen-bond donors (Lipinski definition) is 0. The third-order valence-corrected chi connectivity index (χ3v) is 8.63. The van der Waals surface area contributed by atoms with Crippen molar-refractivity contribution < 1.29 is 14.3 Å². The largest absolute Gasteiger partial charge is 0.844 e. The number of methoxy groups -OCH3 is 1. The average Bonchev–Trinajstić information content (AvgIpc) is 2.91. The van der Waals surface area contributed by atoms with Gasteiger partial charge in [0.2, 0.25) is 0 Å². The molecule has 4 heterocycles. The minimum absolute atomic E-state index is 0. The highest BCUT2D eigenvalue weighted by atomic mass is 79.9. The molecule has 2 bridgehead atoms. The third-order valence-electron chi connectivity index (χ3n) is 8.63. The molecule has 0 spiro atoms. The Labute approximate surface area is 223 Å². The van der Waals surface area contributed by atoms with Gasteiger partial charge in [-0.25, -0.2) is 0 Å². The number of quaternary nitrogens is 1. The van der Waals surface area contributed by atoms with Crippen molar-refractivity contribution in [1.82, 2.24) is 4.98 Å². The Kier molecular flexibility index (Phi) is 6.90. The summed E-state index contributed by atoms with van der Waals surface area (Å²) in [5.41, 5.74) is 3.01. The number of halogens is 1. The van der Waals surface area contributed by atoms with Gasteiger partial charge in [-0.05, 0) is 58.7 Å². The monoisotopic (exact) mass is 544 g/mol. The molecule has 4 nitrogen and oxygen atoms in total. The number of piperidine rings is 3. The van der Waals surface area contributed by atoms with Crippen LogP contribution in [-0.4, -0.2) is 35.7 Å². The van der Waals surface area contributed by atoms with Gasteiger partial charge in [-0.2, -0.15) is 0 Å². The number of hydrogen-bond acceptors (Lipinski definition) is 3. The number of benzene rings is 3. The Balaban J connectivity index is 0.00000267. The minimum Gasteiger partial charge on any atom is -0.844 e. The van der Waals surface area contributed by atoms with E-state index in [9.17, 15) is 5.11 Å². The van der Waals surface area contributed by atoms with Crippen molar-refractivity contribution >= 4 is 38.7 Å². The highest BCUT2D eigenvalue weighted by molar-refractivity contribution is 8.93. The number of fused-ring (bicyclic) bond motifs is 5. The molecule has 186 valence electrons.